The van der Waals surface area contributed by atoms with Crippen molar-refractivity contribution < 1.29 is 13.6 Å². The summed E-state index contributed by atoms with van der Waals surface area (Å²) in [5, 5.41) is 6.22. The van der Waals surface area contributed by atoms with Crippen LogP contribution >= 0.6 is 23.2 Å². The summed E-state index contributed by atoms with van der Waals surface area (Å²) in [5.41, 5.74) is 1.90. The third kappa shape index (κ3) is 6.40. The Kier molecular flexibility index (Phi) is 8.26. The smallest absolute Gasteiger partial charge is 0.211 e. The molecule has 1 unspecified atom stereocenters. The second-order valence-electron chi connectivity index (χ2n) is 8.85. The van der Waals surface area contributed by atoms with E-state index in [1.807, 2.05) is 13.8 Å². The molecule has 0 saturated heterocycles. The molecular formula is C23H28Cl2F2N2O. The molecule has 2 aromatic carbocycles. The third-order valence-corrected chi connectivity index (χ3v) is 5.76. The fourth-order valence-electron chi connectivity index (χ4n) is 3.46. The van der Waals surface area contributed by atoms with Crippen LogP contribution in [0, 0.1) is 17.0 Å². The van der Waals surface area contributed by atoms with E-state index in [9.17, 15) is 13.6 Å². The minimum atomic E-state index is -0.546. The number of nitrogens with one attached hydrogen (secondary N) is 2. The highest BCUT2D eigenvalue weighted by molar-refractivity contribution is 6.31. The molecule has 164 valence electrons. The highest BCUT2D eigenvalue weighted by atomic mass is 35.5. The molecule has 7 heteroatoms. The zero-order valence-corrected chi connectivity index (χ0v) is 19.3. The SMILES string of the molecule is CC(c1ccc(F)c(Cl)c1)[C@H](C)N[C@H](CC(C)(C)C)c1cc(F)c(Cl)cc1NC=O. The van der Waals surface area contributed by atoms with Crippen LogP contribution in [0.25, 0.3) is 0 Å². The second-order valence-corrected chi connectivity index (χ2v) is 9.67. The van der Waals surface area contributed by atoms with E-state index in [0.717, 1.165) is 5.56 Å². The zero-order chi connectivity index (χ0) is 22.6. The Morgan fingerprint density at radius 3 is 2.23 bits per heavy atom. The van der Waals surface area contributed by atoms with Crippen molar-refractivity contribution in [2.24, 2.45) is 5.41 Å². The van der Waals surface area contributed by atoms with Crippen molar-refractivity contribution in [1.82, 2.24) is 5.32 Å². The number of carbonyl (C=O) groups excluding carboxylic acids is 1. The predicted octanol–water partition coefficient (Wildman–Crippen LogP) is 7.10. The van der Waals surface area contributed by atoms with Gasteiger partial charge in [-0.25, -0.2) is 8.78 Å². The number of hydrogen-bond donors (Lipinski definition) is 2. The molecule has 0 fully saturated rings. The Balaban J connectivity index is 2.39. The van der Waals surface area contributed by atoms with Crippen LogP contribution in [0.4, 0.5) is 14.5 Å². The van der Waals surface area contributed by atoms with Crippen molar-refractivity contribution in [3.8, 4) is 0 Å². The Hall–Kier alpha value is -1.69. The molecule has 0 saturated carbocycles. The molecule has 0 heterocycles. The summed E-state index contributed by atoms with van der Waals surface area (Å²) in [5.74, 6) is -1.000. The first kappa shape index (κ1) is 24.6. The van der Waals surface area contributed by atoms with Crippen molar-refractivity contribution >= 4 is 35.3 Å². The van der Waals surface area contributed by atoms with Crippen molar-refractivity contribution in [3.63, 3.8) is 0 Å². The maximum atomic E-state index is 14.3. The van der Waals surface area contributed by atoms with E-state index in [2.05, 4.69) is 31.4 Å². The first-order valence-corrected chi connectivity index (χ1v) is 10.6. The minimum absolute atomic E-state index is 0.00481. The number of benzene rings is 2. The summed E-state index contributed by atoms with van der Waals surface area (Å²) in [6.45, 7) is 10.3. The summed E-state index contributed by atoms with van der Waals surface area (Å²) >= 11 is 11.9. The molecule has 30 heavy (non-hydrogen) atoms. The molecule has 0 aliphatic rings. The van der Waals surface area contributed by atoms with Crippen LogP contribution < -0.4 is 10.6 Å². The van der Waals surface area contributed by atoms with Gasteiger partial charge in [0.05, 0.1) is 10.0 Å². The Morgan fingerprint density at radius 1 is 1.03 bits per heavy atom. The Bertz CT molecular complexity index is 900. The molecule has 3 atom stereocenters. The quantitative estimate of drug-likeness (QED) is 0.415. The summed E-state index contributed by atoms with van der Waals surface area (Å²) in [6, 6.07) is 7.17. The minimum Gasteiger partial charge on any atom is -0.328 e. The van der Waals surface area contributed by atoms with Crippen molar-refractivity contribution in [3.05, 3.63) is 63.1 Å². The van der Waals surface area contributed by atoms with Crippen LogP contribution in [0.1, 0.15) is 64.1 Å². The second kappa shape index (κ2) is 10.1. The fourth-order valence-corrected chi connectivity index (χ4v) is 3.81. The first-order chi connectivity index (χ1) is 13.9. The Morgan fingerprint density at radius 2 is 1.67 bits per heavy atom. The van der Waals surface area contributed by atoms with Crippen molar-refractivity contribution in [2.75, 3.05) is 5.32 Å². The van der Waals surface area contributed by atoms with Crippen molar-refractivity contribution in [1.29, 1.82) is 0 Å². The molecule has 0 radical (unpaired) electrons. The van der Waals surface area contributed by atoms with Crippen LogP contribution in [-0.2, 0) is 4.79 Å². The first-order valence-electron chi connectivity index (χ1n) is 9.83. The van der Waals surface area contributed by atoms with Crippen LogP contribution in [-0.4, -0.2) is 12.5 Å². The highest BCUT2D eigenvalue weighted by Crippen LogP contribution is 2.37. The molecule has 2 aromatic rings. The monoisotopic (exact) mass is 456 g/mol. The molecule has 3 nitrogen and oxygen atoms in total. The van der Waals surface area contributed by atoms with E-state index in [4.69, 9.17) is 23.2 Å². The molecule has 0 aromatic heterocycles. The lowest BCUT2D eigenvalue weighted by molar-refractivity contribution is -0.105. The molecular weight excluding hydrogens is 429 g/mol. The molecule has 0 spiro atoms. The van der Waals surface area contributed by atoms with E-state index in [1.54, 1.807) is 12.1 Å². The molecule has 2 N–H and O–H groups in total. The van der Waals surface area contributed by atoms with Gasteiger partial charge in [0.1, 0.15) is 11.6 Å². The number of amides is 1. The molecule has 0 aliphatic heterocycles. The Labute approximate surface area is 187 Å². The molecule has 0 bridgehead atoms. The molecule has 1 amide bonds. The fraction of sp³-hybridized carbons (Fsp3) is 0.435. The number of rotatable bonds is 8. The number of anilines is 1. The topological polar surface area (TPSA) is 41.1 Å². The van der Waals surface area contributed by atoms with Crippen molar-refractivity contribution in [2.45, 2.75) is 59.0 Å². The van der Waals surface area contributed by atoms with Gasteiger partial charge < -0.3 is 10.6 Å². The van der Waals surface area contributed by atoms with E-state index >= 15 is 0 Å². The van der Waals surface area contributed by atoms with Gasteiger partial charge in [-0.05, 0) is 60.1 Å². The average Bonchev–Trinajstić information content (AvgIpc) is 2.64. The van der Waals surface area contributed by atoms with Gasteiger partial charge in [0.25, 0.3) is 0 Å². The maximum absolute atomic E-state index is 14.3. The predicted molar refractivity (Wildman–Crippen MR) is 120 cm³/mol. The lowest BCUT2D eigenvalue weighted by Gasteiger charge is -2.33. The van der Waals surface area contributed by atoms with E-state index in [1.165, 1.54) is 18.2 Å². The van der Waals surface area contributed by atoms with Gasteiger partial charge >= 0.3 is 0 Å². The van der Waals surface area contributed by atoms with Gasteiger partial charge in [-0.1, -0.05) is 57.0 Å². The number of halogens is 4. The summed E-state index contributed by atoms with van der Waals surface area (Å²) in [7, 11) is 0. The summed E-state index contributed by atoms with van der Waals surface area (Å²) < 4.78 is 27.8. The van der Waals surface area contributed by atoms with Crippen LogP contribution in [0.2, 0.25) is 10.0 Å². The van der Waals surface area contributed by atoms with E-state index in [-0.39, 0.29) is 33.5 Å². The van der Waals surface area contributed by atoms with Gasteiger partial charge in [-0.15, -0.1) is 0 Å². The van der Waals surface area contributed by atoms with Crippen LogP contribution in [0.3, 0.4) is 0 Å². The third-order valence-electron chi connectivity index (χ3n) is 5.18. The van der Waals surface area contributed by atoms with Gasteiger partial charge in [0.15, 0.2) is 0 Å². The van der Waals surface area contributed by atoms with Crippen LogP contribution in [0.15, 0.2) is 30.3 Å². The summed E-state index contributed by atoms with van der Waals surface area (Å²) in [4.78, 5) is 11.1. The standard InChI is InChI=1S/C23H28Cl2F2N2O/c1-13(15-6-7-19(26)17(24)8-15)14(2)29-22(11-23(3,4)5)16-9-20(27)18(25)10-21(16)28-12-30/h6-10,12-14,22,29H,11H2,1-5H3,(H,28,30)/t13?,14-,22+/m0/s1. The largest absolute Gasteiger partial charge is 0.328 e. The average molecular weight is 457 g/mol. The van der Waals surface area contributed by atoms with Gasteiger partial charge in [-0.3, -0.25) is 4.79 Å². The highest BCUT2D eigenvalue weighted by Gasteiger charge is 2.27. The van der Waals surface area contributed by atoms with Gasteiger partial charge in [-0.2, -0.15) is 0 Å². The lowest BCUT2D eigenvalue weighted by Crippen LogP contribution is -2.36. The van der Waals surface area contributed by atoms with Gasteiger partial charge in [0.2, 0.25) is 6.41 Å². The number of carbonyl (C=O) groups is 1. The summed E-state index contributed by atoms with van der Waals surface area (Å²) in [6.07, 6.45) is 1.23. The van der Waals surface area contributed by atoms with Crippen LogP contribution in [0.5, 0.6) is 0 Å². The number of hydrogen-bond acceptors (Lipinski definition) is 2. The van der Waals surface area contributed by atoms with E-state index in [0.29, 0.717) is 24.1 Å². The van der Waals surface area contributed by atoms with Gasteiger partial charge in [0, 0.05) is 17.8 Å². The molecule has 2 rings (SSSR count). The maximum Gasteiger partial charge on any atom is 0.211 e. The lowest BCUT2D eigenvalue weighted by atomic mass is 9.83. The normalized spacial score (nSPS) is 14.8. The van der Waals surface area contributed by atoms with E-state index < -0.39 is 11.6 Å². The zero-order valence-electron chi connectivity index (χ0n) is 17.8. The molecule has 0 aliphatic carbocycles.